The van der Waals surface area contributed by atoms with Crippen LogP contribution in [0.1, 0.15) is 69.5 Å². The van der Waals surface area contributed by atoms with Crippen molar-refractivity contribution < 1.29 is 9.53 Å². The molecule has 0 spiro atoms. The number of benzene rings is 1. The number of rotatable bonds is 9. The molecule has 1 atom stereocenters. The summed E-state index contributed by atoms with van der Waals surface area (Å²) >= 11 is 0. The first kappa shape index (κ1) is 23.2. The van der Waals surface area contributed by atoms with Crippen molar-refractivity contribution in [1.29, 1.82) is 0 Å². The lowest BCUT2D eigenvalue weighted by atomic mass is 9.89. The molecule has 2 aromatic rings. The van der Waals surface area contributed by atoms with Crippen LogP contribution in [-0.4, -0.2) is 47.1 Å². The number of ether oxygens (including phenoxy) is 1. The van der Waals surface area contributed by atoms with Crippen molar-refractivity contribution in [3.8, 4) is 17.3 Å². The molecular formula is C25H36N4O2. The van der Waals surface area contributed by atoms with Gasteiger partial charge in [-0.3, -0.25) is 0 Å². The molecule has 0 bridgehead atoms. The lowest BCUT2D eigenvalue weighted by Gasteiger charge is -2.26. The van der Waals surface area contributed by atoms with E-state index < -0.39 is 0 Å². The fourth-order valence-corrected chi connectivity index (χ4v) is 4.23. The molecule has 6 heteroatoms. The van der Waals surface area contributed by atoms with Crippen LogP contribution in [0.3, 0.4) is 0 Å². The van der Waals surface area contributed by atoms with E-state index in [0.29, 0.717) is 19.0 Å². The minimum atomic E-state index is -0.367. The van der Waals surface area contributed by atoms with Gasteiger partial charge in [0, 0.05) is 37.7 Å². The Morgan fingerprint density at radius 3 is 2.48 bits per heavy atom. The van der Waals surface area contributed by atoms with Crippen LogP contribution in [0, 0.1) is 6.92 Å². The molecule has 1 N–H and O–H groups in total. The number of nitrogens with zero attached hydrogens (tertiary/aromatic N) is 3. The van der Waals surface area contributed by atoms with Crippen LogP contribution in [0.5, 0.6) is 6.01 Å². The molecular weight excluding hydrogens is 388 g/mol. The van der Waals surface area contributed by atoms with Gasteiger partial charge in [0.15, 0.2) is 0 Å². The molecule has 0 saturated carbocycles. The van der Waals surface area contributed by atoms with Gasteiger partial charge in [0.2, 0.25) is 0 Å². The largest absolute Gasteiger partial charge is 0.417 e. The fourth-order valence-electron chi connectivity index (χ4n) is 4.23. The summed E-state index contributed by atoms with van der Waals surface area (Å²) in [6.07, 6.45) is 6.50. The summed E-state index contributed by atoms with van der Waals surface area (Å²) < 4.78 is 5.70. The second-order valence-corrected chi connectivity index (χ2v) is 8.32. The molecule has 1 unspecified atom stereocenters. The molecule has 1 saturated heterocycles. The maximum Gasteiger partial charge on any atom is 0.417 e. The third-order valence-electron chi connectivity index (χ3n) is 5.94. The molecule has 1 amide bonds. The highest BCUT2D eigenvalue weighted by molar-refractivity contribution is 5.71. The Hall–Kier alpha value is -2.47. The van der Waals surface area contributed by atoms with Crippen LogP contribution in [0.15, 0.2) is 30.3 Å². The summed E-state index contributed by atoms with van der Waals surface area (Å²) in [6.45, 7) is 9.37. The smallest absolute Gasteiger partial charge is 0.374 e. The molecule has 1 aliphatic heterocycles. The minimum absolute atomic E-state index is 0.166. The normalized spacial score (nSPS) is 15.0. The Morgan fingerprint density at radius 2 is 1.81 bits per heavy atom. The molecule has 2 heterocycles. The highest BCUT2D eigenvalue weighted by Crippen LogP contribution is 2.34. The minimum Gasteiger partial charge on any atom is -0.374 e. The Bertz CT molecular complexity index is 835. The molecule has 1 fully saturated rings. The number of carbonyl (C=O) groups excluding carboxylic acids is 1. The zero-order valence-electron chi connectivity index (χ0n) is 19.2. The quantitative estimate of drug-likeness (QED) is 0.552. The van der Waals surface area contributed by atoms with Crippen molar-refractivity contribution in [2.45, 2.75) is 65.2 Å². The summed E-state index contributed by atoms with van der Waals surface area (Å²) in [4.78, 5) is 23.9. The lowest BCUT2D eigenvalue weighted by Crippen LogP contribution is -2.47. The van der Waals surface area contributed by atoms with Gasteiger partial charge in [0.1, 0.15) is 0 Å². The molecule has 0 aliphatic carbocycles. The number of carbonyl (C=O) groups is 1. The van der Waals surface area contributed by atoms with Crippen molar-refractivity contribution >= 4 is 6.09 Å². The summed E-state index contributed by atoms with van der Waals surface area (Å²) in [5.41, 5.74) is 3.98. The standard InChI is InChI=1S/C25H36N4O2/c1-4-6-8-12-20(11-5-2)22-19(3)23(21-13-9-7-10-14-21)28-24(27-22)31-25(30)29-17-15-26-16-18-29/h7,9-10,13-14,20,26H,4-6,8,11-12,15-18H2,1-3H3. The van der Waals surface area contributed by atoms with Crippen LogP contribution in [0.4, 0.5) is 4.79 Å². The number of aromatic nitrogens is 2. The van der Waals surface area contributed by atoms with Crippen molar-refractivity contribution in [3.05, 3.63) is 41.6 Å². The average molecular weight is 425 g/mol. The van der Waals surface area contributed by atoms with E-state index in [1.54, 1.807) is 4.90 Å². The van der Waals surface area contributed by atoms with Gasteiger partial charge in [-0.05, 0) is 25.3 Å². The van der Waals surface area contributed by atoms with Gasteiger partial charge >= 0.3 is 12.1 Å². The van der Waals surface area contributed by atoms with Crippen molar-refractivity contribution in [3.63, 3.8) is 0 Å². The lowest BCUT2D eigenvalue weighted by molar-refractivity contribution is 0.142. The van der Waals surface area contributed by atoms with Gasteiger partial charge in [-0.2, -0.15) is 9.97 Å². The van der Waals surface area contributed by atoms with E-state index in [-0.39, 0.29) is 12.1 Å². The van der Waals surface area contributed by atoms with Gasteiger partial charge in [0.05, 0.1) is 11.4 Å². The Kier molecular flexibility index (Phi) is 8.83. The topological polar surface area (TPSA) is 67.3 Å². The Labute approximate surface area is 186 Å². The van der Waals surface area contributed by atoms with Gasteiger partial charge < -0.3 is 15.0 Å². The summed E-state index contributed by atoms with van der Waals surface area (Å²) in [5.74, 6) is 0.346. The molecule has 1 aromatic heterocycles. The first-order valence-corrected chi connectivity index (χ1v) is 11.8. The number of amides is 1. The maximum atomic E-state index is 12.7. The van der Waals surface area contributed by atoms with Crippen LogP contribution in [0.2, 0.25) is 0 Å². The summed E-state index contributed by atoms with van der Waals surface area (Å²) in [5, 5.41) is 3.25. The summed E-state index contributed by atoms with van der Waals surface area (Å²) in [6, 6.07) is 10.3. The van der Waals surface area contributed by atoms with Gasteiger partial charge in [-0.1, -0.05) is 69.9 Å². The van der Waals surface area contributed by atoms with Crippen LogP contribution >= 0.6 is 0 Å². The first-order valence-electron chi connectivity index (χ1n) is 11.8. The second kappa shape index (κ2) is 11.8. The Morgan fingerprint density at radius 1 is 1.06 bits per heavy atom. The van der Waals surface area contributed by atoms with Crippen LogP contribution in [0.25, 0.3) is 11.3 Å². The number of nitrogens with one attached hydrogen (secondary N) is 1. The van der Waals surface area contributed by atoms with E-state index in [2.05, 4.69) is 31.1 Å². The van der Waals surface area contributed by atoms with Gasteiger partial charge in [-0.15, -0.1) is 0 Å². The Balaban J connectivity index is 1.95. The SMILES string of the molecule is CCCCCC(CCC)c1nc(OC(=O)N2CCNCC2)nc(-c2ccccc2)c1C. The van der Waals surface area contributed by atoms with E-state index in [1.165, 1.54) is 19.3 Å². The molecule has 6 nitrogen and oxygen atoms in total. The maximum absolute atomic E-state index is 12.7. The highest BCUT2D eigenvalue weighted by Gasteiger charge is 2.24. The van der Waals surface area contributed by atoms with Crippen LogP contribution < -0.4 is 10.1 Å². The van der Waals surface area contributed by atoms with Crippen molar-refractivity contribution in [1.82, 2.24) is 20.2 Å². The number of unbranched alkanes of at least 4 members (excludes halogenated alkanes) is 2. The van der Waals surface area contributed by atoms with Gasteiger partial charge in [0.25, 0.3) is 0 Å². The third kappa shape index (κ3) is 6.26. The molecule has 0 radical (unpaired) electrons. The number of hydrogen-bond acceptors (Lipinski definition) is 5. The molecule has 3 rings (SSSR count). The first-order chi connectivity index (χ1) is 15.1. The predicted molar refractivity (Wildman–Crippen MR) is 124 cm³/mol. The third-order valence-corrected chi connectivity index (χ3v) is 5.94. The van der Waals surface area contributed by atoms with E-state index >= 15 is 0 Å². The second-order valence-electron chi connectivity index (χ2n) is 8.32. The zero-order chi connectivity index (χ0) is 22.1. The van der Waals surface area contributed by atoms with E-state index in [1.807, 2.05) is 30.3 Å². The number of piperazine rings is 1. The summed E-state index contributed by atoms with van der Waals surface area (Å²) in [7, 11) is 0. The molecule has 1 aliphatic rings. The average Bonchev–Trinajstić information content (AvgIpc) is 2.81. The predicted octanol–water partition coefficient (Wildman–Crippen LogP) is 5.32. The highest BCUT2D eigenvalue weighted by atomic mass is 16.6. The van der Waals surface area contributed by atoms with Crippen molar-refractivity contribution in [2.75, 3.05) is 26.2 Å². The molecule has 1 aromatic carbocycles. The van der Waals surface area contributed by atoms with E-state index in [0.717, 1.165) is 54.9 Å². The molecule has 31 heavy (non-hydrogen) atoms. The van der Waals surface area contributed by atoms with E-state index in [4.69, 9.17) is 9.72 Å². The fraction of sp³-hybridized carbons (Fsp3) is 0.560. The van der Waals surface area contributed by atoms with Gasteiger partial charge in [-0.25, -0.2) is 4.79 Å². The van der Waals surface area contributed by atoms with Crippen LogP contribution in [-0.2, 0) is 0 Å². The molecule has 168 valence electrons. The zero-order valence-corrected chi connectivity index (χ0v) is 19.2. The monoisotopic (exact) mass is 424 g/mol. The van der Waals surface area contributed by atoms with E-state index in [9.17, 15) is 4.79 Å². The van der Waals surface area contributed by atoms with Crippen molar-refractivity contribution in [2.24, 2.45) is 0 Å². The number of hydrogen-bond donors (Lipinski definition) is 1.